The average molecular weight is 263 g/mol. The van der Waals surface area contributed by atoms with Gasteiger partial charge >= 0.3 is 5.97 Å². The summed E-state index contributed by atoms with van der Waals surface area (Å²) in [6, 6.07) is 4.75. The van der Waals surface area contributed by atoms with Crippen molar-refractivity contribution < 1.29 is 19.8 Å². The number of carboxylic acid groups (broad SMARTS) is 1. The number of rotatable bonds is 4. The van der Waals surface area contributed by atoms with Crippen molar-refractivity contribution in [3.8, 4) is 5.75 Å². The molecule has 102 valence electrons. The Labute approximate surface area is 111 Å². The zero-order valence-corrected chi connectivity index (χ0v) is 11.0. The maximum atomic E-state index is 12.4. The first kappa shape index (κ1) is 13.4. The van der Waals surface area contributed by atoms with Gasteiger partial charge in [-0.1, -0.05) is 6.07 Å². The Kier molecular flexibility index (Phi) is 3.22. The summed E-state index contributed by atoms with van der Waals surface area (Å²) >= 11 is 0. The molecule has 0 radical (unpaired) electrons. The Hall–Kier alpha value is -2.04. The van der Waals surface area contributed by atoms with Crippen LogP contribution >= 0.6 is 0 Å². The standard InChI is InChI=1S/C14H17NO4/c1-3-15(11-8-10(16)5-4-9(11)2)12(17)14(6-7-14)13(18)19/h4-5,8,16H,3,6-7H2,1-2H3,(H,18,19). The maximum absolute atomic E-state index is 12.4. The first-order valence-electron chi connectivity index (χ1n) is 6.27. The van der Waals surface area contributed by atoms with Crippen LogP contribution in [0.5, 0.6) is 5.75 Å². The van der Waals surface area contributed by atoms with Crippen molar-refractivity contribution in [3.05, 3.63) is 23.8 Å². The number of phenols is 1. The number of carbonyl (C=O) groups is 2. The van der Waals surface area contributed by atoms with Crippen molar-refractivity contribution in [2.75, 3.05) is 11.4 Å². The Morgan fingerprint density at radius 3 is 2.47 bits per heavy atom. The number of benzene rings is 1. The van der Waals surface area contributed by atoms with Gasteiger partial charge in [0.2, 0.25) is 5.91 Å². The van der Waals surface area contributed by atoms with E-state index in [-0.39, 0.29) is 5.75 Å². The second-order valence-corrected chi connectivity index (χ2v) is 4.91. The molecule has 1 amide bonds. The number of phenolic OH excluding ortho intramolecular Hbond substituents is 1. The summed E-state index contributed by atoms with van der Waals surface area (Å²) in [5.74, 6) is -1.39. The molecule has 1 aliphatic rings. The number of aryl methyl sites for hydroxylation is 1. The van der Waals surface area contributed by atoms with Crippen molar-refractivity contribution in [3.63, 3.8) is 0 Å². The Morgan fingerprint density at radius 2 is 2.00 bits per heavy atom. The first-order chi connectivity index (χ1) is 8.92. The molecule has 0 bridgehead atoms. The van der Waals surface area contributed by atoms with E-state index in [4.69, 9.17) is 0 Å². The van der Waals surface area contributed by atoms with Crippen molar-refractivity contribution in [1.82, 2.24) is 0 Å². The molecule has 1 fully saturated rings. The van der Waals surface area contributed by atoms with Gasteiger partial charge in [0.05, 0.1) is 5.69 Å². The Morgan fingerprint density at radius 1 is 1.37 bits per heavy atom. The summed E-state index contributed by atoms with van der Waals surface area (Å²) in [7, 11) is 0. The molecule has 0 unspecified atom stereocenters. The predicted molar refractivity (Wildman–Crippen MR) is 70.2 cm³/mol. The van der Waals surface area contributed by atoms with Crippen LogP contribution in [0.25, 0.3) is 0 Å². The summed E-state index contributed by atoms with van der Waals surface area (Å²) in [6.45, 7) is 3.99. The molecule has 0 atom stereocenters. The van der Waals surface area contributed by atoms with Crippen LogP contribution in [0, 0.1) is 12.3 Å². The molecule has 0 aliphatic heterocycles. The van der Waals surface area contributed by atoms with Crippen molar-refractivity contribution >= 4 is 17.6 Å². The van der Waals surface area contributed by atoms with Crippen LogP contribution in [-0.2, 0) is 9.59 Å². The number of aliphatic carboxylic acids is 1. The highest BCUT2D eigenvalue weighted by atomic mass is 16.4. The van der Waals surface area contributed by atoms with Gasteiger partial charge < -0.3 is 15.1 Å². The van der Waals surface area contributed by atoms with Gasteiger partial charge in [-0.2, -0.15) is 0 Å². The van der Waals surface area contributed by atoms with E-state index in [0.717, 1.165) is 5.56 Å². The average Bonchev–Trinajstić information content (AvgIpc) is 3.15. The number of anilines is 1. The van der Waals surface area contributed by atoms with Gasteiger partial charge in [-0.3, -0.25) is 9.59 Å². The summed E-state index contributed by atoms with van der Waals surface area (Å²) in [6.07, 6.45) is 0.769. The maximum Gasteiger partial charge on any atom is 0.319 e. The summed E-state index contributed by atoms with van der Waals surface area (Å²) in [4.78, 5) is 25.1. The van der Waals surface area contributed by atoms with Crippen LogP contribution in [0.3, 0.4) is 0 Å². The van der Waals surface area contributed by atoms with Crippen LogP contribution < -0.4 is 4.90 Å². The van der Waals surface area contributed by atoms with Gasteiger partial charge in [-0.25, -0.2) is 0 Å². The zero-order chi connectivity index (χ0) is 14.2. The molecule has 1 aliphatic carbocycles. The molecule has 0 saturated heterocycles. The molecule has 2 N–H and O–H groups in total. The number of aromatic hydroxyl groups is 1. The van der Waals surface area contributed by atoms with E-state index in [0.29, 0.717) is 25.1 Å². The third-order valence-corrected chi connectivity index (χ3v) is 3.61. The third kappa shape index (κ3) is 2.16. The number of nitrogens with zero attached hydrogens (tertiary/aromatic N) is 1. The van der Waals surface area contributed by atoms with Crippen LogP contribution in [0.2, 0.25) is 0 Å². The number of carbonyl (C=O) groups excluding carboxylic acids is 1. The Balaban J connectivity index is 2.38. The molecule has 2 rings (SSSR count). The van der Waals surface area contributed by atoms with Crippen molar-refractivity contribution in [1.29, 1.82) is 0 Å². The minimum Gasteiger partial charge on any atom is -0.508 e. The quantitative estimate of drug-likeness (QED) is 0.813. The van der Waals surface area contributed by atoms with Crippen molar-refractivity contribution in [2.24, 2.45) is 5.41 Å². The topological polar surface area (TPSA) is 77.8 Å². The van der Waals surface area contributed by atoms with Gasteiger partial charge in [0.25, 0.3) is 0 Å². The van der Waals surface area contributed by atoms with Crippen LogP contribution in [-0.4, -0.2) is 28.6 Å². The summed E-state index contributed by atoms with van der Waals surface area (Å²) in [5, 5.41) is 18.7. The molecule has 5 nitrogen and oxygen atoms in total. The third-order valence-electron chi connectivity index (χ3n) is 3.61. The molecular weight excluding hydrogens is 246 g/mol. The molecule has 0 spiro atoms. The summed E-state index contributed by atoms with van der Waals surface area (Å²) < 4.78 is 0. The van der Waals surface area contributed by atoms with E-state index in [1.165, 1.54) is 11.0 Å². The first-order valence-corrected chi connectivity index (χ1v) is 6.27. The highest BCUT2D eigenvalue weighted by Crippen LogP contribution is 2.48. The largest absolute Gasteiger partial charge is 0.508 e. The minimum absolute atomic E-state index is 0.0621. The lowest BCUT2D eigenvalue weighted by molar-refractivity contribution is -0.148. The van der Waals surface area contributed by atoms with Gasteiger partial charge in [0.1, 0.15) is 11.2 Å². The van der Waals surface area contributed by atoms with E-state index in [1.807, 2.05) is 6.92 Å². The number of hydrogen-bond donors (Lipinski definition) is 2. The number of carboxylic acids is 1. The zero-order valence-electron chi connectivity index (χ0n) is 11.0. The van der Waals surface area contributed by atoms with Crippen LogP contribution in [0.4, 0.5) is 5.69 Å². The molecule has 1 saturated carbocycles. The lowest BCUT2D eigenvalue weighted by Gasteiger charge is -2.26. The van der Waals surface area contributed by atoms with Gasteiger partial charge in [0.15, 0.2) is 0 Å². The normalized spacial score (nSPS) is 15.9. The highest BCUT2D eigenvalue weighted by molar-refractivity contribution is 6.12. The van der Waals surface area contributed by atoms with Gasteiger partial charge in [-0.15, -0.1) is 0 Å². The van der Waals surface area contributed by atoms with E-state index in [2.05, 4.69) is 0 Å². The van der Waals surface area contributed by atoms with Gasteiger partial charge in [-0.05, 0) is 38.3 Å². The molecular formula is C14H17NO4. The molecule has 1 aromatic rings. The molecule has 19 heavy (non-hydrogen) atoms. The smallest absolute Gasteiger partial charge is 0.319 e. The lowest BCUT2D eigenvalue weighted by atomic mass is 10.0. The van der Waals surface area contributed by atoms with Crippen LogP contribution in [0.15, 0.2) is 18.2 Å². The fourth-order valence-corrected chi connectivity index (χ4v) is 2.21. The molecule has 0 heterocycles. The number of hydrogen-bond acceptors (Lipinski definition) is 3. The lowest BCUT2D eigenvalue weighted by Crippen LogP contribution is -2.41. The van der Waals surface area contributed by atoms with Crippen molar-refractivity contribution in [2.45, 2.75) is 26.7 Å². The van der Waals surface area contributed by atoms with E-state index in [1.54, 1.807) is 19.1 Å². The Bertz CT molecular complexity index is 534. The van der Waals surface area contributed by atoms with E-state index in [9.17, 15) is 19.8 Å². The SMILES string of the molecule is CCN(C(=O)C1(C(=O)O)CC1)c1cc(O)ccc1C. The van der Waals surface area contributed by atoms with Crippen LogP contribution in [0.1, 0.15) is 25.3 Å². The fourth-order valence-electron chi connectivity index (χ4n) is 2.21. The minimum atomic E-state index is -1.26. The van der Waals surface area contributed by atoms with E-state index >= 15 is 0 Å². The molecule has 1 aromatic carbocycles. The second kappa shape index (κ2) is 4.57. The van der Waals surface area contributed by atoms with Gasteiger partial charge in [0, 0.05) is 12.6 Å². The molecule has 5 heteroatoms. The highest BCUT2D eigenvalue weighted by Gasteiger charge is 2.58. The molecule has 0 aromatic heterocycles. The predicted octanol–water partition coefficient (Wildman–Crippen LogP) is 1.92. The fraction of sp³-hybridized carbons (Fsp3) is 0.429. The van der Waals surface area contributed by atoms with E-state index < -0.39 is 17.3 Å². The number of amides is 1. The summed E-state index contributed by atoms with van der Waals surface area (Å²) in [5.41, 5.74) is 0.141. The second-order valence-electron chi connectivity index (χ2n) is 4.91. The monoisotopic (exact) mass is 263 g/mol.